The number of carboxylic acid groups (broad SMARTS) is 1. The van der Waals surface area contributed by atoms with Crippen molar-refractivity contribution < 1.29 is 15.0 Å². The first-order valence-electron chi connectivity index (χ1n) is 3.32. The number of aliphatic hydroxyl groups excluding tert-OH is 1. The summed E-state index contributed by atoms with van der Waals surface area (Å²) in [5.74, 6) is -1.53. The predicted molar refractivity (Wildman–Crippen MR) is 34.6 cm³/mol. The monoisotopic (exact) mass is 145 g/mol. The lowest BCUT2D eigenvalue weighted by Crippen LogP contribution is -2.51. The molecule has 1 rings (SSSR count). The van der Waals surface area contributed by atoms with Crippen LogP contribution in [0.25, 0.3) is 0 Å². The van der Waals surface area contributed by atoms with Crippen molar-refractivity contribution in [3.63, 3.8) is 0 Å². The molecule has 0 spiro atoms. The van der Waals surface area contributed by atoms with Gasteiger partial charge in [-0.2, -0.15) is 0 Å². The quantitative estimate of drug-likeness (QED) is 0.478. The van der Waals surface area contributed by atoms with Crippen molar-refractivity contribution in [3.05, 3.63) is 0 Å². The molecule has 2 atom stereocenters. The van der Waals surface area contributed by atoms with Crippen LogP contribution < -0.4 is 5.32 Å². The maximum atomic E-state index is 10.4. The third-order valence-electron chi connectivity index (χ3n) is 1.86. The van der Waals surface area contributed by atoms with Crippen molar-refractivity contribution in [2.75, 3.05) is 13.2 Å². The van der Waals surface area contributed by atoms with Gasteiger partial charge in [-0.05, 0) is 13.0 Å². The fourth-order valence-corrected chi connectivity index (χ4v) is 1.03. The first kappa shape index (κ1) is 7.50. The van der Waals surface area contributed by atoms with Gasteiger partial charge in [0.25, 0.3) is 0 Å². The highest BCUT2D eigenvalue weighted by atomic mass is 16.4. The highest BCUT2D eigenvalue weighted by molar-refractivity contribution is 5.71. The Morgan fingerprint density at radius 3 is 2.50 bits per heavy atom. The summed E-state index contributed by atoms with van der Waals surface area (Å²) < 4.78 is 0. The van der Waals surface area contributed by atoms with Crippen molar-refractivity contribution in [1.82, 2.24) is 5.32 Å². The lowest BCUT2D eigenvalue weighted by atomic mass is 9.93. The van der Waals surface area contributed by atoms with E-state index in [-0.39, 0.29) is 12.6 Å². The van der Waals surface area contributed by atoms with E-state index in [4.69, 9.17) is 10.2 Å². The second-order valence-electron chi connectivity index (χ2n) is 2.48. The Bertz CT molecular complexity index is 133. The summed E-state index contributed by atoms with van der Waals surface area (Å²) >= 11 is 0. The van der Waals surface area contributed by atoms with E-state index in [1.54, 1.807) is 0 Å². The predicted octanol–water partition coefficient (Wildman–Crippen LogP) is -0.959. The van der Waals surface area contributed by atoms with Gasteiger partial charge in [0.05, 0.1) is 12.5 Å². The zero-order valence-electron chi connectivity index (χ0n) is 5.58. The van der Waals surface area contributed by atoms with Crippen molar-refractivity contribution in [2.24, 2.45) is 5.92 Å². The number of hydrogen-bond donors (Lipinski definition) is 3. The van der Waals surface area contributed by atoms with Crippen LogP contribution in [0.4, 0.5) is 0 Å². The molecule has 0 radical (unpaired) electrons. The normalized spacial score (nSPS) is 27.1. The Balaban J connectivity index is 2.39. The van der Waals surface area contributed by atoms with Gasteiger partial charge in [0.1, 0.15) is 0 Å². The summed E-state index contributed by atoms with van der Waals surface area (Å²) in [6.07, 6.45) is 0.859. The molecule has 0 aromatic carbocycles. The number of aliphatic hydroxyl groups is 1. The van der Waals surface area contributed by atoms with Crippen molar-refractivity contribution in [3.8, 4) is 0 Å². The van der Waals surface area contributed by atoms with Crippen LogP contribution in [0.1, 0.15) is 6.42 Å². The Morgan fingerprint density at radius 2 is 2.40 bits per heavy atom. The first-order valence-corrected chi connectivity index (χ1v) is 3.32. The van der Waals surface area contributed by atoms with Crippen LogP contribution in [-0.2, 0) is 4.79 Å². The highest BCUT2D eigenvalue weighted by Crippen LogP contribution is 2.13. The van der Waals surface area contributed by atoms with Gasteiger partial charge >= 0.3 is 5.97 Å². The van der Waals surface area contributed by atoms with Crippen LogP contribution in [0.15, 0.2) is 0 Å². The van der Waals surface area contributed by atoms with Crippen LogP contribution >= 0.6 is 0 Å². The van der Waals surface area contributed by atoms with E-state index >= 15 is 0 Å². The largest absolute Gasteiger partial charge is 0.481 e. The fourth-order valence-electron chi connectivity index (χ4n) is 1.03. The zero-order chi connectivity index (χ0) is 7.56. The van der Waals surface area contributed by atoms with Gasteiger partial charge in [-0.25, -0.2) is 0 Å². The van der Waals surface area contributed by atoms with E-state index in [1.807, 2.05) is 0 Å². The second kappa shape index (κ2) is 2.98. The average molecular weight is 145 g/mol. The summed E-state index contributed by atoms with van der Waals surface area (Å²) in [4.78, 5) is 10.4. The van der Waals surface area contributed by atoms with Crippen LogP contribution in [0.3, 0.4) is 0 Å². The summed E-state index contributed by atoms with van der Waals surface area (Å²) in [6.45, 7) is 0.599. The molecule has 1 aliphatic heterocycles. The Kier molecular flexibility index (Phi) is 2.24. The van der Waals surface area contributed by atoms with Gasteiger partial charge in [0.15, 0.2) is 0 Å². The number of carbonyl (C=O) groups is 1. The minimum atomic E-state index is -0.917. The van der Waals surface area contributed by atoms with Gasteiger partial charge in [0.2, 0.25) is 0 Å². The highest BCUT2D eigenvalue weighted by Gasteiger charge is 2.31. The Labute approximate surface area is 58.9 Å². The third kappa shape index (κ3) is 1.27. The standard InChI is InChI=1S/C6H11NO3/c8-3-4(6(9)10)5-1-2-7-5/h4-5,7-8H,1-3H2,(H,9,10). The Morgan fingerprint density at radius 1 is 1.80 bits per heavy atom. The maximum absolute atomic E-state index is 10.4. The molecular weight excluding hydrogens is 134 g/mol. The molecule has 4 nitrogen and oxygen atoms in total. The fraction of sp³-hybridized carbons (Fsp3) is 0.833. The molecule has 0 amide bonds. The second-order valence-corrected chi connectivity index (χ2v) is 2.48. The molecule has 3 N–H and O–H groups in total. The van der Waals surface area contributed by atoms with Gasteiger partial charge < -0.3 is 15.5 Å². The summed E-state index contributed by atoms with van der Waals surface area (Å²) in [5.41, 5.74) is 0. The van der Waals surface area contributed by atoms with Crippen LogP contribution in [-0.4, -0.2) is 35.4 Å². The van der Waals surface area contributed by atoms with Crippen LogP contribution in [0.2, 0.25) is 0 Å². The van der Waals surface area contributed by atoms with Gasteiger partial charge in [0, 0.05) is 6.04 Å². The van der Waals surface area contributed by atoms with E-state index in [1.165, 1.54) is 0 Å². The molecule has 58 valence electrons. The molecule has 0 aliphatic carbocycles. The molecule has 4 heteroatoms. The zero-order valence-corrected chi connectivity index (χ0v) is 5.58. The number of hydrogen-bond acceptors (Lipinski definition) is 3. The maximum Gasteiger partial charge on any atom is 0.310 e. The van der Waals surface area contributed by atoms with E-state index in [2.05, 4.69) is 5.32 Å². The molecule has 0 bridgehead atoms. The molecular formula is C6H11NO3. The van der Waals surface area contributed by atoms with E-state index in [0.717, 1.165) is 13.0 Å². The lowest BCUT2D eigenvalue weighted by Gasteiger charge is -2.31. The topological polar surface area (TPSA) is 69.6 Å². The molecule has 1 saturated heterocycles. The van der Waals surface area contributed by atoms with E-state index < -0.39 is 11.9 Å². The van der Waals surface area contributed by atoms with E-state index in [9.17, 15) is 4.79 Å². The van der Waals surface area contributed by atoms with Crippen molar-refractivity contribution in [1.29, 1.82) is 0 Å². The Hall–Kier alpha value is -0.610. The van der Waals surface area contributed by atoms with Gasteiger partial charge in [-0.15, -0.1) is 0 Å². The molecule has 1 heterocycles. The number of rotatable bonds is 3. The lowest BCUT2D eigenvalue weighted by molar-refractivity contribution is -0.145. The van der Waals surface area contributed by atoms with Crippen molar-refractivity contribution >= 4 is 5.97 Å². The first-order chi connectivity index (χ1) is 4.75. The molecule has 0 aromatic rings. The summed E-state index contributed by atoms with van der Waals surface area (Å²) in [6, 6.07) is -0.0116. The van der Waals surface area contributed by atoms with Crippen molar-refractivity contribution in [2.45, 2.75) is 12.5 Å². The van der Waals surface area contributed by atoms with Gasteiger partial charge in [-0.1, -0.05) is 0 Å². The molecule has 1 fully saturated rings. The van der Waals surface area contributed by atoms with Gasteiger partial charge in [-0.3, -0.25) is 4.79 Å². The minimum absolute atomic E-state index is 0.0116. The third-order valence-corrected chi connectivity index (χ3v) is 1.86. The van der Waals surface area contributed by atoms with Crippen LogP contribution in [0.5, 0.6) is 0 Å². The SMILES string of the molecule is O=C(O)C(CO)C1CCN1. The van der Waals surface area contributed by atoms with E-state index in [0.29, 0.717) is 0 Å². The number of nitrogens with one attached hydrogen (secondary N) is 1. The molecule has 10 heavy (non-hydrogen) atoms. The molecule has 0 aromatic heterocycles. The molecule has 2 unspecified atom stereocenters. The molecule has 0 saturated carbocycles. The smallest absolute Gasteiger partial charge is 0.310 e. The van der Waals surface area contributed by atoms with Crippen LogP contribution in [0, 0.1) is 5.92 Å². The molecule has 1 aliphatic rings. The number of carboxylic acids is 1. The number of aliphatic carboxylic acids is 1. The summed E-state index contributed by atoms with van der Waals surface area (Å²) in [5, 5.41) is 20.1. The summed E-state index contributed by atoms with van der Waals surface area (Å²) in [7, 11) is 0. The minimum Gasteiger partial charge on any atom is -0.481 e. The average Bonchev–Trinajstić information content (AvgIpc) is 1.76.